The molecule has 2 aliphatic heterocycles. The molecule has 2 fully saturated rings. The summed E-state index contributed by atoms with van der Waals surface area (Å²) in [6.45, 7) is 7.54. The smallest absolute Gasteiger partial charge is 0.229 e. The predicted octanol–water partition coefficient (Wildman–Crippen LogP) is 2.39. The fourth-order valence-electron chi connectivity index (χ4n) is 3.63. The molecular weight excluding hydrogens is 312 g/mol. The third-order valence-electron chi connectivity index (χ3n) is 4.92. The van der Waals surface area contributed by atoms with Gasteiger partial charge in [-0.1, -0.05) is 18.5 Å². The van der Waals surface area contributed by atoms with Crippen LogP contribution in [0.25, 0.3) is 0 Å². The number of rotatable bonds is 4. The summed E-state index contributed by atoms with van der Waals surface area (Å²) in [5.74, 6) is 0.682. The summed E-state index contributed by atoms with van der Waals surface area (Å²) in [7, 11) is 0. The number of piperidine rings is 1. The first-order valence-electron chi connectivity index (χ1n) is 8.40. The molecule has 0 aliphatic carbocycles. The molecule has 2 aliphatic rings. The van der Waals surface area contributed by atoms with Gasteiger partial charge in [0.05, 0.1) is 10.9 Å². The maximum Gasteiger partial charge on any atom is 0.229 e. The van der Waals surface area contributed by atoms with E-state index >= 15 is 0 Å². The van der Waals surface area contributed by atoms with Crippen molar-refractivity contribution < 1.29 is 4.79 Å². The Balaban J connectivity index is 1.55. The standard InChI is InChI=1S/C17H25ClN4O/c1-17(6-7-19-11-17)12-22-8-2-3-13(10-22)16(23)21-15-5-4-14(18)9-20-15/h4-5,9,13,19H,2-3,6-8,10-12H2,1H3,(H,20,21,23). The normalized spacial score (nSPS) is 28.7. The van der Waals surface area contributed by atoms with Crippen molar-refractivity contribution in [2.75, 3.05) is 38.0 Å². The van der Waals surface area contributed by atoms with E-state index in [1.165, 1.54) is 6.42 Å². The van der Waals surface area contributed by atoms with Gasteiger partial charge in [0.1, 0.15) is 5.82 Å². The van der Waals surface area contributed by atoms with E-state index in [0.717, 1.165) is 45.6 Å². The van der Waals surface area contributed by atoms with Gasteiger partial charge in [-0.15, -0.1) is 0 Å². The van der Waals surface area contributed by atoms with Gasteiger partial charge in [-0.3, -0.25) is 4.79 Å². The summed E-state index contributed by atoms with van der Waals surface area (Å²) in [6.07, 6.45) is 4.80. The van der Waals surface area contributed by atoms with E-state index in [4.69, 9.17) is 11.6 Å². The lowest BCUT2D eigenvalue weighted by molar-refractivity contribution is -0.121. The Kier molecular flexibility index (Phi) is 5.19. The fourth-order valence-corrected chi connectivity index (χ4v) is 3.75. The van der Waals surface area contributed by atoms with E-state index in [1.54, 1.807) is 18.3 Å². The summed E-state index contributed by atoms with van der Waals surface area (Å²) in [5.41, 5.74) is 0.343. The third kappa shape index (κ3) is 4.43. The van der Waals surface area contributed by atoms with E-state index in [2.05, 4.69) is 27.4 Å². The number of halogens is 1. The van der Waals surface area contributed by atoms with Crippen molar-refractivity contribution in [2.24, 2.45) is 11.3 Å². The van der Waals surface area contributed by atoms with Crippen molar-refractivity contribution >= 4 is 23.3 Å². The van der Waals surface area contributed by atoms with Gasteiger partial charge in [0.2, 0.25) is 5.91 Å². The van der Waals surface area contributed by atoms with Crippen molar-refractivity contribution in [2.45, 2.75) is 26.2 Å². The molecule has 2 saturated heterocycles. The molecule has 3 rings (SSSR count). The second kappa shape index (κ2) is 7.16. The number of carbonyl (C=O) groups is 1. The summed E-state index contributed by atoms with van der Waals surface area (Å²) in [5, 5.41) is 6.94. The zero-order chi connectivity index (χ0) is 16.3. The van der Waals surface area contributed by atoms with Gasteiger partial charge in [-0.2, -0.15) is 0 Å². The average molecular weight is 337 g/mol. The molecule has 2 atom stereocenters. The Morgan fingerprint density at radius 2 is 2.43 bits per heavy atom. The number of nitrogens with one attached hydrogen (secondary N) is 2. The minimum atomic E-state index is 0.0409. The van der Waals surface area contributed by atoms with Gasteiger partial charge in [0.25, 0.3) is 0 Å². The topological polar surface area (TPSA) is 57.3 Å². The van der Waals surface area contributed by atoms with Gasteiger partial charge in [-0.25, -0.2) is 4.98 Å². The highest BCUT2D eigenvalue weighted by molar-refractivity contribution is 6.30. The van der Waals surface area contributed by atoms with E-state index in [1.807, 2.05) is 0 Å². The van der Waals surface area contributed by atoms with Gasteiger partial charge in [0, 0.05) is 25.8 Å². The number of likely N-dealkylation sites (tertiary alicyclic amines) is 1. The Labute approximate surface area is 142 Å². The van der Waals surface area contributed by atoms with Gasteiger partial charge < -0.3 is 15.5 Å². The van der Waals surface area contributed by atoms with Crippen LogP contribution in [-0.4, -0.2) is 48.5 Å². The highest BCUT2D eigenvalue weighted by Crippen LogP contribution is 2.28. The zero-order valence-electron chi connectivity index (χ0n) is 13.6. The number of amides is 1. The van der Waals surface area contributed by atoms with Crippen molar-refractivity contribution in [3.05, 3.63) is 23.4 Å². The van der Waals surface area contributed by atoms with E-state index < -0.39 is 0 Å². The molecular formula is C17H25ClN4O. The van der Waals surface area contributed by atoms with E-state index in [9.17, 15) is 4.79 Å². The second-order valence-corrected chi connectivity index (χ2v) is 7.60. The lowest BCUT2D eigenvalue weighted by atomic mass is 9.87. The largest absolute Gasteiger partial charge is 0.316 e. The molecule has 0 spiro atoms. The summed E-state index contributed by atoms with van der Waals surface area (Å²) < 4.78 is 0. The molecule has 126 valence electrons. The molecule has 23 heavy (non-hydrogen) atoms. The summed E-state index contributed by atoms with van der Waals surface area (Å²) in [6, 6.07) is 3.48. The van der Waals surface area contributed by atoms with Crippen LogP contribution < -0.4 is 10.6 Å². The fraction of sp³-hybridized carbons (Fsp3) is 0.647. The molecule has 3 heterocycles. The molecule has 2 N–H and O–H groups in total. The zero-order valence-corrected chi connectivity index (χ0v) is 14.4. The predicted molar refractivity (Wildman–Crippen MR) is 92.6 cm³/mol. The van der Waals surface area contributed by atoms with Crippen molar-refractivity contribution in [3.63, 3.8) is 0 Å². The molecule has 1 amide bonds. The number of nitrogens with zero attached hydrogens (tertiary/aromatic N) is 2. The second-order valence-electron chi connectivity index (χ2n) is 7.16. The molecule has 1 aromatic heterocycles. The van der Waals surface area contributed by atoms with E-state index in [0.29, 0.717) is 16.3 Å². The monoisotopic (exact) mass is 336 g/mol. The summed E-state index contributed by atoms with van der Waals surface area (Å²) >= 11 is 5.82. The minimum Gasteiger partial charge on any atom is -0.316 e. The van der Waals surface area contributed by atoms with Crippen molar-refractivity contribution in [1.82, 2.24) is 15.2 Å². The van der Waals surface area contributed by atoms with Crippen LogP contribution in [0.5, 0.6) is 0 Å². The average Bonchev–Trinajstić information content (AvgIpc) is 2.96. The van der Waals surface area contributed by atoms with Crippen LogP contribution in [0, 0.1) is 11.3 Å². The van der Waals surface area contributed by atoms with Crippen LogP contribution in [-0.2, 0) is 4.79 Å². The van der Waals surface area contributed by atoms with Gasteiger partial charge in [-0.05, 0) is 49.9 Å². The van der Waals surface area contributed by atoms with Crippen LogP contribution in [0.3, 0.4) is 0 Å². The highest BCUT2D eigenvalue weighted by Gasteiger charge is 2.33. The Morgan fingerprint density at radius 1 is 1.57 bits per heavy atom. The molecule has 5 nitrogen and oxygen atoms in total. The lowest BCUT2D eigenvalue weighted by Crippen LogP contribution is -2.45. The molecule has 1 aromatic rings. The molecule has 0 saturated carbocycles. The number of hydrogen-bond acceptors (Lipinski definition) is 4. The Morgan fingerprint density at radius 3 is 3.13 bits per heavy atom. The van der Waals surface area contributed by atoms with Crippen LogP contribution in [0.4, 0.5) is 5.82 Å². The first kappa shape index (κ1) is 16.7. The van der Waals surface area contributed by atoms with Crippen LogP contribution in [0.15, 0.2) is 18.3 Å². The molecule has 0 bridgehead atoms. The highest BCUT2D eigenvalue weighted by atomic mass is 35.5. The molecule has 0 radical (unpaired) electrons. The maximum atomic E-state index is 12.5. The number of hydrogen-bond donors (Lipinski definition) is 2. The summed E-state index contributed by atoms with van der Waals surface area (Å²) in [4.78, 5) is 19.1. The molecule has 6 heteroatoms. The maximum absolute atomic E-state index is 12.5. The van der Waals surface area contributed by atoms with Crippen LogP contribution in [0.2, 0.25) is 5.02 Å². The SMILES string of the molecule is CC1(CN2CCCC(C(=O)Nc3ccc(Cl)cn3)C2)CCNC1. The van der Waals surface area contributed by atoms with Gasteiger partial charge in [0.15, 0.2) is 0 Å². The van der Waals surface area contributed by atoms with Crippen LogP contribution >= 0.6 is 11.6 Å². The Hall–Kier alpha value is -1.17. The first-order valence-corrected chi connectivity index (χ1v) is 8.77. The number of pyridine rings is 1. The van der Waals surface area contributed by atoms with Crippen molar-refractivity contribution in [3.8, 4) is 0 Å². The lowest BCUT2D eigenvalue weighted by Gasteiger charge is -2.37. The number of anilines is 1. The first-order chi connectivity index (χ1) is 11.0. The Bertz CT molecular complexity index is 542. The minimum absolute atomic E-state index is 0.0409. The number of aromatic nitrogens is 1. The van der Waals surface area contributed by atoms with E-state index in [-0.39, 0.29) is 11.8 Å². The molecule has 2 unspecified atom stereocenters. The third-order valence-corrected chi connectivity index (χ3v) is 5.14. The van der Waals surface area contributed by atoms with Crippen molar-refractivity contribution in [1.29, 1.82) is 0 Å². The van der Waals surface area contributed by atoms with Crippen LogP contribution in [0.1, 0.15) is 26.2 Å². The quantitative estimate of drug-likeness (QED) is 0.886. The van der Waals surface area contributed by atoms with Gasteiger partial charge >= 0.3 is 0 Å². The number of carbonyl (C=O) groups excluding carboxylic acids is 1. The molecule has 0 aromatic carbocycles.